The van der Waals surface area contributed by atoms with Crippen LogP contribution >= 0.6 is 0 Å². The smallest absolute Gasteiger partial charge is 0.419 e. The lowest BCUT2D eigenvalue weighted by molar-refractivity contribution is -0.139. The monoisotopic (exact) mass is 491 g/mol. The van der Waals surface area contributed by atoms with Crippen LogP contribution in [0.3, 0.4) is 0 Å². The second-order valence-electron chi connectivity index (χ2n) is 6.88. The van der Waals surface area contributed by atoms with Crippen molar-refractivity contribution >= 4 is 22.4 Å². The summed E-state index contributed by atoms with van der Waals surface area (Å²) in [6.07, 6.45) is -3.30. The molecule has 0 bridgehead atoms. The first-order valence-corrected chi connectivity index (χ1v) is 10.4. The van der Waals surface area contributed by atoms with Gasteiger partial charge < -0.3 is 15.5 Å². The number of halogens is 4. The van der Waals surface area contributed by atoms with Gasteiger partial charge in [0.25, 0.3) is 5.91 Å². The molecule has 186 valence electrons. The van der Waals surface area contributed by atoms with E-state index in [1.807, 2.05) is 13.8 Å². The third kappa shape index (κ3) is 6.51. The predicted molar refractivity (Wildman–Crippen MR) is 127 cm³/mol. The van der Waals surface area contributed by atoms with E-state index in [0.717, 1.165) is 6.07 Å². The van der Waals surface area contributed by atoms with Gasteiger partial charge in [-0.05, 0) is 60.2 Å². The molecule has 0 fully saturated rings. The lowest BCUT2D eigenvalue weighted by Crippen LogP contribution is -2.14. The number of aryl methyl sites for hydroxylation is 1. The maximum Gasteiger partial charge on any atom is 0.419 e. The molecule has 1 aromatic heterocycles. The Morgan fingerprint density at radius 1 is 1.03 bits per heavy atom. The van der Waals surface area contributed by atoms with E-state index in [9.17, 15) is 22.4 Å². The summed E-state index contributed by atoms with van der Waals surface area (Å²) >= 11 is 0. The summed E-state index contributed by atoms with van der Waals surface area (Å²) in [5.74, 6) is -0.636. The van der Waals surface area contributed by atoms with E-state index in [4.69, 9.17) is 4.74 Å². The fourth-order valence-electron chi connectivity index (χ4n) is 3.15. The van der Waals surface area contributed by atoms with Crippen molar-refractivity contribution in [1.82, 2.24) is 9.97 Å². The number of nitrogens with zero attached hydrogens (tertiary/aromatic N) is 2. The number of aromatic nitrogens is 2. The van der Waals surface area contributed by atoms with Crippen molar-refractivity contribution in [2.24, 2.45) is 0 Å². The molecule has 0 aliphatic carbocycles. The standard InChI is InChI=1S/C23H15F4N3O2.C2H6.H2O.H2/c1-13-28-10-9-21(29-13)32-16-6-7-17-14(11-16)3-2-4-18(17)22(31)30-15-5-8-20(24)19(12-15)23(25,26)27;1-2;;/h2-12H,1H3,(H,30,31);1-2H3;1H2;1H. The number of benzene rings is 3. The van der Waals surface area contributed by atoms with Crippen LogP contribution in [0.25, 0.3) is 10.8 Å². The summed E-state index contributed by atoms with van der Waals surface area (Å²) in [6, 6.07) is 13.9. The van der Waals surface area contributed by atoms with Gasteiger partial charge in [0.05, 0.1) is 5.56 Å². The van der Waals surface area contributed by atoms with Crippen molar-refractivity contribution in [2.75, 3.05) is 5.32 Å². The van der Waals surface area contributed by atoms with Crippen LogP contribution in [0.2, 0.25) is 0 Å². The van der Waals surface area contributed by atoms with E-state index in [2.05, 4.69) is 15.3 Å². The summed E-state index contributed by atoms with van der Waals surface area (Å²) in [7, 11) is 0. The second kappa shape index (κ2) is 11.4. The number of hydrogen-bond donors (Lipinski definition) is 1. The van der Waals surface area contributed by atoms with Crippen molar-refractivity contribution in [3.8, 4) is 11.6 Å². The molecule has 6 nitrogen and oxygen atoms in total. The number of amides is 1. The number of nitrogens with one attached hydrogen (secondary N) is 1. The van der Waals surface area contributed by atoms with Gasteiger partial charge in [0.15, 0.2) is 0 Å². The van der Waals surface area contributed by atoms with E-state index < -0.39 is 23.5 Å². The molecule has 0 aliphatic rings. The molecule has 0 unspecified atom stereocenters. The first-order chi connectivity index (χ1) is 16.2. The topological polar surface area (TPSA) is 95.6 Å². The van der Waals surface area contributed by atoms with Crippen LogP contribution in [-0.4, -0.2) is 21.4 Å². The van der Waals surface area contributed by atoms with Crippen LogP contribution in [0, 0.1) is 12.7 Å². The number of ether oxygens (including phenoxy) is 1. The Labute approximate surface area is 200 Å². The third-order valence-corrected chi connectivity index (χ3v) is 4.60. The summed E-state index contributed by atoms with van der Waals surface area (Å²) in [4.78, 5) is 20.9. The first-order valence-electron chi connectivity index (χ1n) is 10.4. The van der Waals surface area contributed by atoms with E-state index in [-0.39, 0.29) is 18.2 Å². The third-order valence-electron chi connectivity index (χ3n) is 4.60. The summed E-state index contributed by atoms with van der Waals surface area (Å²) in [6.45, 7) is 5.73. The molecular formula is C25H25F4N3O3. The van der Waals surface area contributed by atoms with E-state index in [1.165, 1.54) is 0 Å². The highest BCUT2D eigenvalue weighted by molar-refractivity contribution is 6.13. The molecule has 4 aromatic rings. The number of fused-ring (bicyclic) bond motifs is 1. The van der Waals surface area contributed by atoms with Crippen molar-refractivity contribution in [3.63, 3.8) is 0 Å². The van der Waals surface area contributed by atoms with Gasteiger partial charge in [-0.3, -0.25) is 4.79 Å². The molecule has 3 aromatic carbocycles. The Balaban J connectivity index is 0.00000158. The molecule has 35 heavy (non-hydrogen) atoms. The van der Waals surface area contributed by atoms with Crippen LogP contribution in [0.4, 0.5) is 23.2 Å². The quantitative estimate of drug-likeness (QED) is 0.326. The molecule has 0 spiro atoms. The second-order valence-corrected chi connectivity index (χ2v) is 6.88. The normalized spacial score (nSPS) is 10.6. The Bertz CT molecular complexity index is 1330. The van der Waals surface area contributed by atoms with Crippen molar-refractivity contribution in [2.45, 2.75) is 26.9 Å². The molecule has 10 heteroatoms. The molecule has 0 saturated heterocycles. The minimum Gasteiger partial charge on any atom is -0.439 e. The number of carbonyl (C=O) groups is 1. The summed E-state index contributed by atoms with van der Waals surface area (Å²) < 4.78 is 58.0. The molecule has 0 saturated carbocycles. The number of anilines is 1. The Hall–Kier alpha value is -4.05. The van der Waals surface area contributed by atoms with Crippen LogP contribution in [-0.2, 0) is 6.18 Å². The minimum absolute atomic E-state index is 0. The van der Waals surface area contributed by atoms with Gasteiger partial charge in [0, 0.05) is 24.9 Å². The van der Waals surface area contributed by atoms with E-state index in [1.54, 1.807) is 55.6 Å². The largest absolute Gasteiger partial charge is 0.439 e. The average Bonchev–Trinajstić information content (AvgIpc) is 2.80. The number of carbonyl (C=O) groups excluding carboxylic acids is 1. The summed E-state index contributed by atoms with van der Waals surface area (Å²) in [5.41, 5.74) is -1.38. The molecule has 1 amide bonds. The lowest BCUT2D eigenvalue weighted by atomic mass is 10.0. The molecule has 0 aliphatic heterocycles. The number of alkyl halides is 3. The fraction of sp³-hybridized carbons (Fsp3) is 0.160. The van der Waals surface area contributed by atoms with Gasteiger partial charge in [-0.25, -0.2) is 9.37 Å². The first kappa shape index (κ1) is 27.2. The maximum atomic E-state index is 13.5. The van der Waals surface area contributed by atoms with Gasteiger partial charge in [-0.15, -0.1) is 0 Å². The zero-order valence-electron chi connectivity index (χ0n) is 19.1. The van der Waals surface area contributed by atoms with Gasteiger partial charge in [0.1, 0.15) is 17.4 Å². The van der Waals surface area contributed by atoms with Crippen molar-refractivity contribution in [1.29, 1.82) is 0 Å². The van der Waals surface area contributed by atoms with Crippen molar-refractivity contribution < 1.29 is 34.0 Å². The zero-order valence-corrected chi connectivity index (χ0v) is 19.1. The van der Waals surface area contributed by atoms with Gasteiger partial charge in [0.2, 0.25) is 5.88 Å². The SMILES string of the molecule is CC.Cc1nccc(Oc2ccc3c(C(=O)Nc4ccc(F)c(C(F)(F)F)c4)cccc3c2)n1.O.[HH]. The minimum atomic E-state index is -4.87. The number of rotatable bonds is 4. The zero-order chi connectivity index (χ0) is 24.9. The van der Waals surface area contributed by atoms with Gasteiger partial charge in [-0.2, -0.15) is 18.2 Å². The number of hydrogen-bond acceptors (Lipinski definition) is 4. The fourth-order valence-corrected chi connectivity index (χ4v) is 3.15. The summed E-state index contributed by atoms with van der Waals surface area (Å²) in [5, 5.41) is 3.64. The van der Waals surface area contributed by atoms with E-state index in [0.29, 0.717) is 40.4 Å². The molecule has 3 N–H and O–H groups in total. The average molecular weight is 491 g/mol. The molecule has 0 atom stereocenters. The molecule has 0 radical (unpaired) electrons. The highest BCUT2D eigenvalue weighted by Gasteiger charge is 2.34. The highest BCUT2D eigenvalue weighted by atomic mass is 19.4. The van der Waals surface area contributed by atoms with Gasteiger partial charge in [-0.1, -0.05) is 26.0 Å². The lowest BCUT2D eigenvalue weighted by Gasteiger charge is -2.12. The Morgan fingerprint density at radius 2 is 1.77 bits per heavy atom. The highest BCUT2D eigenvalue weighted by Crippen LogP contribution is 2.33. The predicted octanol–water partition coefficient (Wildman–Crippen LogP) is 6.59. The van der Waals surface area contributed by atoms with Gasteiger partial charge >= 0.3 is 6.18 Å². The van der Waals surface area contributed by atoms with Crippen LogP contribution in [0.1, 0.15) is 37.0 Å². The maximum absolute atomic E-state index is 13.5. The van der Waals surface area contributed by atoms with Crippen molar-refractivity contribution in [3.05, 3.63) is 89.6 Å². The Kier molecular flexibility index (Phi) is 8.85. The van der Waals surface area contributed by atoms with E-state index >= 15 is 0 Å². The Morgan fingerprint density at radius 3 is 2.46 bits per heavy atom. The van der Waals surface area contributed by atoms with Crippen LogP contribution in [0.5, 0.6) is 11.6 Å². The molecule has 4 rings (SSSR count). The molecular weight excluding hydrogens is 466 g/mol. The molecule has 1 heterocycles. The van der Waals surface area contributed by atoms with Crippen LogP contribution < -0.4 is 10.1 Å². The van der Waals surface area contributed by atoms with Crippen LogP contribution in [0.15, 0.2) is 66.9 Å².